The normalized spacial score (nSPS) is 12.7. The van der Waals surface area contributed by atoms with Crippen LogP contribution >= 0.6 is 27.3 Å². The van der Waals surface area contributed by atoms with Gasteiger partial charge in [-0.05, 0) is 73.2 Å². The van der Waals surface area contributed by atoms with E-state index in [4.69, 9.17) is 4.74 Å². The quantitative estimate of drug-likeness (QED) is 0.494. The highest BCUT2D eigenvalue weighted by molar-refractivity contribution is 9.10. The number of nitrogens with one attached hydrogen (secondary N) is 1. The van der Waals surface area contributed by atoms with Crippen molar-refractivity contribution in [2.24, 2.45) is 0 Å². The van der Waals surface area contributed by atoms with Crippen LogP contribution in [0.2, 0.25) is 0 Å². The molecule has 0 spiro atoms. The van der Waals surface area contributed by atoms with Gasteiger partial charge in [0.1, 0.15) is 23.4 Å². The van der Waals surface area contributed by atoms with Crippen molar-refractivity contribution in [2.45, 2.75) is 32.3 Å². The molecule has 1 N–H and O–H groups in total. The summed E-state index contributed by atoms with van der Waals surface area (Å²) in [5, 5.41) is 13.2. The molecule has 0 radical (unpaired) electrons. The number of nitrogens with zero attached hydrogens (tertiary/aromatic N) is 1. The topological polar surface area (TPSA) is 62.1 Å². The van der Waals surface area contributed by atoms with Gasteiger partial charge in [-0.25, -0.2) is 0 Å². The van der Waals surface area contributed by atoms with Gasteiger partial charge in [-0.3, -0.25) is 4.79 Å². The number of hydrogen-bond acceptors (Lipinski definition) is 4. The zero-order valence-corrected chi connectivity index (χ0v) is 18.1. The molecule has 2 aromatic carbocycles. The minimum atomic E-state index is -0.203. The second kappa shape index (κ2) is 8.81. The molecule has 1 aromatic heterocycles. The molecule has 4 rings (SSSR count). The Morgan fingerprint density at radius 1 is 1.17 bits per heavy atom. The molecule has 4 nitrogen and oxygen atoms in total. The lowest BCUT2D eigenvalue weighted by atomic mass is 9.96. The van der Waals surface area contributed by atoms with Crippen LogP contribution in [0.15, 0.2) is 53.0 Å². The van der Waals surface area contributed by atoms with E-state index in [1.807, 2.05) is 42.5 Å². The third-order valence-corrected chi connectivity index (χ3v) is 6.65. The molecule has 0 saturated carbocycles. The lowest BCUT2D eigenvalue weighted by Crippen LogP contribution is -2.12. The summed E-state index contributed by atoms with van der Waals surface area (Å²) >= 11 is 4.94. The van der Waals surface area contributed by atoms with E-state index in [-0.39, 0.29) is 5.91 Å². The second-order valence-corrected chi connectivity index (χ2v) is 8.94. The summed E-state index contributed by atoms with van der Waals surface area (Å²) in [4.78, 5) is 14.0. The Hall–Kier alpha value is -2.62. The molecule has 0 aliphatic heterocycles. The van der Waals surface area contributed by atoms with Crippen LogP contribution in [-0.4, -0.2) is 5.91 Å². The molecule has 29 heavy (non-hydrogen) atoms. The molecule has 3 aromatic rings. The molecule has 6 heteroatoms. The zero-order chi connectivity index (χ0) is 20.2. The molecule has 1 aliphatic rings. The summed E-state index contributed by atoms with van der Waals surface area (Å²) in [6, 6.07) is 17.3. The highest BCUT2D eigenvalue weighted by Crippen LogP contribution is 2.37. The summed E-state index contributed by atoms with van der Waals surface area (Å²) in [5.41, 5.74) is 3.21. The summed E-state index contributed by atoms with van der Waals surface area (Å²) in [6.07, 6.45) is 4.17. The Morgan fingerprint density at radius 2 is 1.97 bits per heavy atom. The van der Waals surface area contributed by atoms with E-state index in [0.29, 0.717) is 22.7 Å². The van der Waals surface area contributed by atoms with Crippen molar-refractivity contribution in [1.29, 1.82) is 5.26 Å². The maximum absolute atomic E-state index is 12.8. The van der Waals surface area contributed by atoms with E-state index in [1.54, 1.807) is 6.07 Å². The molecule has 0 fully saturated rings. The van der Waals surface area contributed by atoms with Crippen molar-refractivity contribution in [1.82, 2.24) is 0 Å². The first-order valence-corrected chi connectivity index (χ1v) is 11.1. The highest BCUT2D eigenvalue weighted by atomic mass is 79.9. The van der Waals surface area contributed by atoms with Crippen LogP contribution in [0.1, 0.15) is 44.8 Å². The average Bonchev–Trinajstić information content (AvgIpc) is 3.10. The minimum Gasteiger partial charge on any atom is -0.489 e. The maximum atomic E-state index is 12.8. The van der Waals surface area contributed by atoms with Gasteiger partial charge in [-0.2, -0.15) is 5.26 Å². The van der Waals surface area contributed by atoms with Crippen LogP contribution in [0.25, 0.3) is 0 Å². The molecule has 0 unspecified atom stereocenters. The van der Waals surface area contributed by atoms with E-state index in [9.17, 15) is 10.1 Å². The molecule has 0 atom stereocenters. The first kappa shape index (κ1) is 19.7. The third-order valence-electron chi connectivity index (χ3n) is 4.92. The Balaban J connectivity index is 1.47. The summed E-state index contributed by atoms with van der Waals surface area (Å²) < 4.78 is 6.79. The standard InChI is InChI=1S/C23H19BrN2O2S/c24-17-8-10-18(11-9-17)28-14-15-4-3-5-16(12-15)22(27)26-23-20(13-25)19-6-1-2-7-21(19)29-23/h3-5,8-12H,1-2,6-7,14H2,(H,26,27). The third kappa shape index (κ3) is 4.52. The number of carbonyl (C=O) groups excluding carboxylic acids is 1. The number of benzene rings is 2. The first-order valence-electron chi connectivity index (χ1n) is 9.47. The number of fused-ring (bicyclic) bond motifs is 1. The molecular weight excluding hydrogens is 448 g/mol. The number of amides is 1. The van der Waals surface area contributed by atoms with Crippen molar-refractivity contribution in [2.75, 3.05) is 5.32 Å². The van der Waals surface area contributed by atoms with Crippen molar-refractivity contribution in [3.05, 3.63) is 80.1 Å². The summed E-state index contributed by atoms with van der Waals surface area (Å²) in [7, 11) is 0. The zero-order valence-electron chi connectivity index (χ0n) is 15.7. The van der Waals surface area contributed by atoms with Crippen molar-refractivity contribution >= 4 is 38.2 Å². The predicted molar refractivity (Wildman–Crippen MR) is 119 cm³/mol. The molecular formula is C23H19BrN2O2S. The first-order chi connectivity index (χ1) is 14.1. The molecule has 146 valence electrons. The Morgan fingerprint density at radius 3 is 2.76 bits per heavy atom. The molecule has 0 saturated heterocycles. The van der Waals surface area contributed by atoms with Gasteiger partial charge in [0.25, 0.3) is 5.91 Å². The predicted octanol–water partition coefficient (Wildman–Crippen LogP) is 6.09. The number of rotatable bonds is 5. The van der Waals surface area contributed by atoms with E-state index in [1.165, 1.54) is 16.2 Å². The fraction of sp³-hybridized carbons (Fsp3) is 0.217. The number of thiophene rings is 1. The van der Waals surface area contributed by atoms with Gasteiger partial charge in [-0.1, -0.05) is 28.1 Å². The average molecular weight is 467 g/mol. The van der Waals surface area contributed by atoms with Crippen LogP contribution in [0, 0.1) is 11.3 Å². The number of nitriles is 1. The van der Waals surface area contributed by atoms with Crippen molar-refractivity contribution in [3.8, 4) is 11.8 Å². The number of halogens is 1. The smallest absolute Gasteiger partial charge is 0.256 e. The Labute approximate surface area is 182 Å². The van der Waals surface area contributed by atoms with Gasteiger partial charge in [-0.15, -0.1) is 11.3 Å². The summed E-state index contributed by atoms with van der Waals surface area (Å²) in [6.45, 7) is 0.375. The Bertz CT molecular complexity index is 1080. The van der Waals surface area contributed by atoms with Crippen LogP contribution in [0.3, 0.4) is 0 Å². The second-order valence-electron chi connectivity index (χ2n) is 6.92. The van der Waals surface area contributed by atoms with E-state index in [2.05, 4.69) is 27.3 Å². The van der Waals surface area contributed by atoms with Gasteiger partial charge in [0.15, 0.2) is 0 Å². The summed E-state index contributed by atoms with van der Waals surface area (Å²) in [5.74, 6) is 0.566. The molecule has 1 heterocycles. The van der Waals surface area contributed by atoms with Gasteiger partial charge in [0.2, 0.25) is 0 Å². The SMILES string of the molecule is N#Cc1c(NC(=O)c2cccc(COc3ccc(Br)cc3)c2)sc2c1CCCC2. The van der Waals surface area contributed by atoms with Gasteiger partial charge < -0.3 is 10.1 Å². The van der Waals surface area contributed by atoms with E-state index in [0.717, 1.165) is 47.0 Å². The molecule has 0 bridgehead atoms. The van der Waals surface area contributed by atoms with Crippen LogP contribution in [0.4, 0.5) is 5.00 Å². The van der Waals surface area contributed by atoms with E-state index >= 15 is 0 Å². The lowest BCUT2D eigenvalue weighted by molar-refractivity contribution is 0.102. The fourth-order valence-corrected chi connectivity index (χ4v) is 4.95. The number of anilines is 1. The van der Waals surface area contributed by atoms with E-state index < -0.39 is 0 Å². The molecule has 1 amide bonds. The fourth-order valence-electron chi connectivity index (χ4n) is 3.45. The lowest BCUT2D eigenvalue weighted by Gasteiger charge is -2.09. The minimum absolute atomic E-state index is 0.203. The van der Waals surface area contributed by atoms with Crippen LogP contribution in [0.5, 0.6) is 5.75 Å². The number of hydrogen-bond donors (Lipinski definition) is 1. The molecule has 1 aliphatic carbocycles. The largest absolute Gasteiger partial charge is 0.489 e. The van der Waals surface area contributed by atoms with Crippen LogP contribution < -0.4 is 10.1 Å². The van der Waals surface area contributed by atoms with Gasteiger partial charge in [0, 0.05) is 14.9 Å². The van der Waals surface area contributed by atoms with Crippen LogP contribution in [-0.2, 0) is 19.4 Å². The van der Waals surface area contributed by atoms with Gasteiger partial charge >= 0.3 is 0 Å². The van der Waals surface area contributed by atoms with Gasteiger partial charge in [0.05, 0.1) is 5.56 Å². The highest BCUT2D eigenvalue weighted by Gasteiger charge is 2.22. The monoisotopic (exact) mass is 466 g/mol. The van der Waals surface area contributed by atoms with Crippen molar-refractivity contribution < 1.29 is 9.53 Å². The number of ether oxygens (including phenoxy) is 1. The number of aryl methyl sites for hydroxylation is 1. The number of carbonyl (C=O) groups is 1. The van der Waals surface area contributed by atoms with Crippen molar-refractivity contribution in [3.63, 3.8) is 0 Å². The Kier molecular flexibility index (Phi) is 5.98. The maximum Gasteiger partial charge on any atom is 0.256 e.